The standard InChI is InChI=1S/C33H36N2O4/c1-19(2)20(3)26-13-21-10-11-22-14-31(38-4)32(39-5)16-28(22)27(21)15-29(26)33(37)35-24(18-36)12-23-17-34-30-9-7-6-8-25(23)30/h6-9,13-17,24,34,36H,10-12,18H2,1-5H3,(H,35,37)/t24-/m1/s1. The number of aromatic nitrogens is 1. The van der Waals surface area contributed by atoms with Crippen LogP contribution in [0.25, 0.3) is 27.6 Å². The van der Waals surface area contributed by atoms with Crippen LogP contribution in [-0.4, -0.2) is 42.9 Å². The Morgan fingerprint density at radius 2 is 1.62 bits per heavy atom. The topological polar surface area (TPSA) is 83.6 Å². The molecule has 1 aromatic heterocycles. The molecule has 0 saturated carbocycles. The molecule has 39 heavy (non-hydrogen) atoms. The summed E-state index contributed by atoms with van der Waals surface area (Å²) >= 11 is 0. The number of carbonyl (C=O) groups is 1. The number of benzene rings is 3. The largest absolute Gasteiger partial charge is 0.493 e. The van der Waals surface area contributed by atoms with Crippen LogP contribution in [0.2, 0.25) is 0 Å². The summed E-state index contributed by atoms with van der Waals surface area (Å²) in [6.07, 6.45) is 4.24. The number of nitrogens with one attached hydrogen (secondary N) is 2. The Morgan fingerprint density at radius 3 is 2.31 bits per heavy atom. The van der Waals surface area contributed by atoms with Crippen LogP contribution in [0.4, 0.5) is 0 Å². The summed E-state index contributed by atoms with van der Waals surface area (Å²) in [7, 11) is 3.28. The first-order valence-electron chi connectivity index (χ1n) is 13.4. The maximum atomic E-state index is 13.9. The highest BCUT2D eigenvalue weighted by molar-refractivity contribution is 6.01. The number of aromatic amines is 1. The van der Waals surface area contributed by atoms with Crippen molar-refractivity contribution in [2.45, 2.75) is 46.1 Å². The van der Waals surface area contributed by atoms with Crippen LogP contribution in [-0.2, 0) is 19.3 Å². The molecule has 202 valence electrons. The highest BCUT2D eigenvalue weighted by Gasteiger charge is 2.25. The molecule has 5 rings (SSSR count). The summed E-state index contributed by atoms with van der Waals surface area (Å²) in [4.78, 5) is 17.2. The fraction of sp³-hybridized carbons (Fsp3) is 0.303. The fourth-order valence-corrected chi connectivity index (χ4v) is 5.51. The quantitative estimate of drug-likeness (QED) is 0.260. The van der Waals surface area contributed by atoms with Crippen LogP contribution in [0.3, 0.4) is 0 Å². The van der Waals surface area contributed by atoms with Gasteiger partial charge in [0.25, 0.3) is 5.91 Å². The van der Waals surface area contributed by atoms with Gasteiger partial charge in [0.2, 0.25) is 0 Å². The van der Waals surface area contributed by atoms with Crippen molar-refractivity contribution < 1.29 is 19.4 Å². The van der Waals surface area contributed by atoms with Crippen molar-refractivity contribution in [1.29, 1.82) is 0 Å². The van der Waals surface area contributed by atoms with Gasteiger partial charge < -0.3 is 24.9 Å². The maximum Gasteiger partial charge on any atom is 0.252 e. The summed E-state index contributed by atoms with van der Waals surface area (Å²) < 4.78 is 11.1. The SMILES string of the molecule is COc1cc2c(cc1OC)-c1cc(C(=O)N[C@@H](CO)Cc3c[nH]c4ccccc34)c(C(C)=C(C)C)cc1CC2. The third kappa shape index (κ3) is 5.04. The first-order chi connectivity index (χ1) is 18.8. The Morgan fingerprint density at radius 1 is 0.949 bits per heavy atom. The van der Waals surface area contributed by atoms with Crippen molar-refractivity contribution in [2.75, 3.05) is 20.8 Å². The molecule has 0 unspecified atom stereocenters. The van der Waals surface area contributed by atoms with Gasteiger partial charge in [-0.3, -0.25) is 4.79 Å². The molecule has 1 aliphatic carbocycles. The van der Waals surface area contributed by atoms with Crippen LogP contribution < -0.4 is 14.8 Å². The van der Waals surface area contributed by atoms with Gasteiger partial charge in [-0.2, -0.15) is 0 Å². The number of para-hydroxylation sites is 1. The van der Waals surface area contributed by atoms with Crippen molar-refractivity contribution in [2.24, 2.45) is 0 Å². The minimum atomic E-state index is -0.427. The number of hydrogen-bond acceptors (Lipinski definition) is 4. The van der Waals surface area contributed by atoms with Crippen LogP contribution >= 0.6 is 0 Å². The third-order valence-corrected chi connectivity index (χ3v) is 7.90. The van der Waals surface area contributed by atoms with Gasteiger partial charge in [-0.1, -0.05) is 29.8 Å². The Bertz CT molecular complexity index is 1580. The molecule has 3 N–H and O–H groups in total. The molecule has 1 amide bonds. The van der Waals surface area contributed by atoms with Crippen molar-refractivity contribution in [1.82, 2.24) is 10.3 Å². The number of aliphatic hydroxyl groups is 1. The maximum absolute atomic E-state index is 13.9. The average molecular weight is 525 g/mol. The van der Waals surface area contributed by atoms with E-state index in [4.69, 9.17) is 9.47 Å². The van der Waals surface area contributed by atoms with E-state index in [2.05, 4.69) is 43.2 Å². The molecule has 0 fully saturated rings. The van der Waals surface area contributed by atoms with Gasteiger partial charge in [-0.05, 0) is 103 Å². The van der Waals surface area contributed by atoms with E-state index >= 15 is 0 Å². The van der Waals surface area contributed by atoms with E-state index in [0.29, 0.717) is 23.5 Å². The van der Waals surface area contributed by atoms with Crippen LogP contribution in [0.1, 0.15) is 53.4 Å². The number of hydrogen-bond donors (Lipinski definition) is 3. The van der Waals surface area contributed by atoms with Gasteiger partial charge in [-0.15, -0.1) is 0 Å². The summed E-state index contributed by atoms with van der Waals surface area (Å²) in [6.45, 7) is 6.04. The molecule has 6 nitrogen and oxygen atoms in total. The number of H-pyrrole nitrogens is 1. The molecule has 1 aliphatic rings. The van der Waals surface area contributed by atoms with Gasteiger partial charge in [0.1, 0.15) is 0 Å². The zero-order valence-electron chi connectivity index (χ0n) is 23.3. The molecule has 1 heterocycles. The molecule has 0 bridgehead atoms. The lowest BCUT2D eigenvalue weighted by Gasteiger charge is -2.25. The van der Waals surface area contributed by atoms with Gasteiger partial charge >= 0.3 is 0 Å². The molecule has 0 saturated heterocycles. The third-order valence-electron chi connectivity index (χ3n) is 7.90. The summed E-state index contributed by atoms with van der Waals surface area (Å²) in [5.74, 6) is 1.18. The summed E-state index contributed by atoms with van der Waals surface area (Å²) in [6, 6.07) is 15.9. The number of aryl methyl sites for hydroxylation is 2. The molecule has 6 heteroatoms. The van der Waals surface area contributed by atoms with Crippen molar-refractivity contribution >= 4 is 22.4 Å². The van der Waals surface area contributed by atoms with E-state index in [1.807, 2.05) is 42.6 Å². The molecule has 3 aromatic carbocycles. The molecular weight excluding hydrogens is 488 g/mol. The first-order valence-corrected chi connectivity index (χ1v) is 13.4. The van der Waals surface area contributed by atoms with Crippen molar-refractivity contribution in [3.63, 3.8) is 0 Å². The summed E-state index contributed by atoms with van der Waals surface area (Å²) in [5, 5.41) is 14.4. The van der Waals surface area contributed by atoms with E-state index in [-0.39, 0.29) is 12.5 Å². The minimum absolute atomic E-state index is 0.160. The second-order valence-electron chi connectivity index (χ2n) is 10.5. The highest BCUT2D eigenvalue weighted by Crippen LogP contribution is 2.42. The van der Waals surface area contributed by atoms with Crippen molar-refractivity contribution in [3.8, 4) is 22.6 Å². The van der Waals surface area contributed by atoms with Gasteiger partial charge in [-0.25, -0.2) is 0 Å². The normalized spacial score (nSPS) is 12.9. The molecule has 0 spiro atoms. The number of amides is 1. The zero-order valence-corrected chi connectivity index (χ0v) is 23.3. The smallest absolute Gasteiger partial charge is 0.252 e. The Hall–Kier alpha value is -4.03. The van der Waals surface area contributed by atoms with Crippen LogP contribution in [0.5, 0.6) is 11.5 Å². The number of methoxy groups -OCH3 is 2. The Balaban J connectivity index is 1.54. The molecule has 4 aromatic rings. The number of carbonyl (C=O) groups excluding carboxylic acids is 1. The lowest BCUT2D eigenvalue weighted by molar-refractivity contribution is 0.0916. The number of allylic oxidation sites excluding steroid dienone is 2. The molecular formula is C33H36N2O4. The van der Waals surface area contributed by atoms with Gasteiger partial charge in [0.15, 0.2) is 11.5 Å². The van der Waals surface area contributed by atoms with E-state index in [0.717, 1.165) is 57.1 Å². The lowest BCUT2D eigenvalue weighted by atomic mass is 9.81. The van der Waals surface area contributed by atoms with E-state index < -0.39 is 6.04 Å². The first kappa shape index (κ1) is 26.6. The Kier molecular flexibility index (Phi) is 7.49. The second-order valence-corrected chi connectivity index (χ2v) is 10.5. The van der Waals surface area contributed by atoms with Crippen LogP contribution in [0.15, 0.2) is 60.3 Å². The van der Waals surface area contributed by atoms with E-state index in [1.54, 1.807) is 14.2 Å². The minimum Gasteiger partial charge on any atom is -0.493 e. The molecule has 0 aliphatic heterocycles. The predicted molar refractivity (Wildman–Crippen MR) is 157 cm³/mol. The van der Waals surface area contributed by atoms with Crippen molar-refractivity contribution in [3.05, 3.63) is 88.1 Å². The number of rotatable bonds is 8. The molecule has 0 radical (unpaired) electrons. The highest BCUT2D eigenvalue weighted by atomic mass is 16.5. The average Bonchev–Trinajstić information content (AvgIpc) is 3.37. The number of aliphatic hydroxyl groups excluding tert-OH is 1. The number of ether oxygens (including phenoxy) is 2. The Labute approximate surface area is 229 Å². The predicted octanol–water partition coefficient (Wildman–Crippen LogP) is 6.10. The van der Waals surface area contributed by atoms with Gasteiger partial charge in [0.05, 0.1) is 26.9 Å². The monoisotopic (exact) mass is 524 g/mol. The van der Waals surface area contributed by atoms with Crippen LogP contribution in [0, 0.1) is 0 Å². The number of fused-ring (bicyclic) bond motifs is 4. The summed E-state index contributed by atoms with van der Waals surface area (Å²) in [5.41, 5.74) is 10.3. The zero-order chi connectivity index (χ0) is 27.7. The second kappa shape index (κ2) is 11.0. The van der Waals surface area contributed by atoms with Gasteiger partial charge in [0, 0.05) is 22.7 Å². The molecule has 1 atom stereocenters. The van der Waals surface area contributed by atoms with E-state index in [1.165, 1.54) is 11.1 Å². The fourth-order valence-electron chi connectivity index (χ4n) is 5.51. The van der Waals surface area contributed by atoms with E-state index in [9.17, 15) is 9.90 Å². The lowest BCUT2D eigenvalue weighted by Crippen LogP contribution is -2.39.